The molecule has 1 fully saturated rings. The lowest BCUT2D eigenvalue weighted by Crippen LogP contribution is -2.44. The largest absolute Gasteiger partial charge is 0.417 e. The number of carbonyl (C=O) groups is 1. The molecule has 2 aliphatic rings. The number of benzene rings is 1. The third-order valence-corrected chi connectivity index (χ3v) is 5.51. The van der Waals surface area contributed by atoms with Crippen LogP contribution in [0.4, 0.5) is 28.0 Å². The molecule has 2 aliphatic heterocycles. The number of hydrogen-bond donors (Lipinski definition) is 2. The maximum absolute atomic E-state index is 14.1. The summed E-state index contributed by atoms with van der Waals surface area (Å²) < 4.78 is 53.2. The van der Waals surface area contributed by atoms with Crippen molar-refractivity contribution in [3.8, 4) is 0 Å². The molecule has 4 rings (SSSR count). The zero-order valence-electron chi connectivity index (χ0n) is 14.2. The Balaban J connectivity index is 1.63. The molecule has 2 unspecified atom stereocenters. The summed E-state index contributed by atoms with van der Waals surface area (Å²) >= 11 is 5.48. The number of amides is 2. The summed E-state index contributed by atoms with van der Waals surface area (Å²) in [6.45, 7) is 0. The number of anilines is 1. The topological polar surface area (TPSA) is 65.2 Å². The number of urea groups is 1. The lowest BCUT2D eigenvalue weighted by Gasteiger charge is -2.36. The van der Waals surface area contributed by atoms with E-state index in [0.29, 0.717) is 31.4 Å². The van der Waals surface area contributed by atoms with E-state index in [4.69, 9.17) is 11.6 Å². The molecule has 1 aromatic heterocycles. The fourth-order valence-corrected chi connectivity index (χ4v) is 4.26. The van der Waals surface area contributed by atoms with Crippen molar-refractivity contribution in [1.29, 1.82) is 0 Å². The van der Waals surface area contributed by atoms with Crippen molar-refractivity contribution in [1.82, 2.24) is 9.88 Å². The predicted molar refractivity (Wildman–Crippen MR) is 93.8 cm³/mol. The minimum Gasteiger partial charge on any atom is -0.329 e. The maximum Gasteiger partial charge on any atom is 0.417 e. The van der Waals surface area contributed by atoms with Crippen LogP contribution < -0.4 is 10.9 Å². The number of halogens is 5. The maximum atomic E-state index is 14.1. The third-order valence-electron chi connectivity index (χ3n) is 5.20. The Hall–Kier alpha value is -2.55. The number of fused-ring (bicyclic) bond motifs is 4. The molecule has 0 aliphatic carbocycles. The van der Waals surface area contributed by atoms with Gasteiger partial charge in [0, 0.05) is 18.3 Å². The van der Waals surface area contributed by atoms with Gasteiger partial charge in [0.05, 0.1) is 22.3 Å². The standard InChI is InChI=1S/C18H14ClF4N3O2/c19-12-6-13(20)14(5-11(12)18(21,22)23)25-17(28)26-9-1-2-15(26)10-7-24-16(27)4-8(10)3-9/h4-7,9,15H,1-3H2,(H,24,27)(H,25,28). The van der Waals surface area contributed by atoms with Crippen molar-refractivity contribution in [3.05, 3.63) is 62.3 Å². The van der Waals surface area contributed by atoms with Gasteiger partial charge in [-0.25, -0.2) is 9.18 Å². The number of nitrogens with zero attached hydrogens (tertiary/aromatic N) is 1. The van der Waals surface area contributed by atoms with Crippen LogP contribution in [0.2, 0.25) is 5.02 Å². The molecule has 2 bridgehead atoms. The van der Waals surface area contributed by atoms with E-state index < -0.39 is 34.3 Å². The van der Waals surface area contributed by atoms with Gasteiger partial charge < -0.3 is 15.2 Å². The van der Waals surface area contributed by atoms with E-state index in [-0.39, 0.29) is 17.6 Å². The van der Waals surface area contributed by atoms with E-state index in [1.165, 1.54) is 11.0 Å². The minimum absolute atomic E-state index is 0.211. The highest BCUT2D eigenvalue weighted by Gasteiger charge is 2.43. The van der Waals surface area contributed by atoms with Crippen molar-refractivity contribution in [3.63, 3.8) is 0 Å². The van der Waals surface area contributed by atoms with E-state index >= 15 is 0 Å². The minimum atomic E-state index is -4.78. The van der Waals surface area contributed by atoms with Crippen molar-refractivity contribution >= 4 is 23.3 Å². The van der Waals surface area contributed by atoms with Crippen molar-refractivity contribution in [2.24, 2.45) is 0 Å². The molecule has 2 N–H and O–H groups in total. The predicted octanol–water partition coefficient (Wildman–Crippen LogP) is 4.48. The normalized spacial score (nSPS) is 20.8. The van der Waals surface area contributed by atoms with E-state index in [2.05, 4.69) is 10.3 Å². The number of H-pyrrole nitrogens is 1. The number of alkyl halides is 3. The summed E-state index contributed by atoms with van der Waals surface area (Å²) in [5.74, 6) is -1.06. The number of hydrogen-bond acceptors (Lipinski definition) is 2. The van der Waals surface area contributed by atoms with Crippen molar-refractivity contribution in [2.75, 3.05) is 5.32 Å². The van der Waals surface area contributed by atoms with Crippen LogP contribution in [-0.4, -0.2) is 22.0 Å². The van der Waals surface area contributed by atoms with Gasteiger partial charge in [0.2, 0.25) is 5.56 Å². The molecule has 2 amide bonds. The number of carbonyl (C=O) groups excluding carboxylic acids is 1. The molecule has 5 nitrogen and oxygen atoms in total. The van der Waals surface area contributed by atoms with Crippen LogP contribution in [0.25, 0.3) is 0 Å². The SMILES string of the molecule is O=C(Nc1cc(C(F)(F)F)c(Cl)cc1F)N1C2CCC1c1c[nH]c(=O)cc1C2. The second-order valence-corrected chi connectivity index (χ2v) is 7.28. The Bertz CT molecular complexity index is 1020. The van der Waals surface area contributed by atoms with Gasteiger partial charge in [0.25, 0.3) is 0 Å². The molecule has 2 aromatic rings. The zero-order valence-corrected chi connectivity index (χ0v) is 15.0. The van der Waals surface area contributed by atoms with Crippen LogP contribution in [0, 0.1) is 5.82 Å². The second kappa shape index (κ2) is 6.51. The molecular weight excluding hydrogens is 402 g/mol. The average Bonchev–Trinajstić information content (AvgIpc) is 2.91. The highest BCUT2D eigenvalue weighted by atomic mass is 35.5. The van der Waals surface area contributed by atoms with E-state index in [1.54, 1.807) is 6.20 Å². The van der Waals surface area contributed by atoms with Crippen molar-refractivity contribution < 1.29 is 22.4 Å². The Kier molecular flexibility index (Phi) is 4.37. The van der Waals surface area contributed by atoms with Crippen LogP contribution >= 0.6 is 11.6 Å². The Morgan fingerprint density at radius 2 is 2.00 bits per heavy atom. The van der Waals surface area contributed by atoms with Gasteiger partial charge in [0.15, 0.2) is 0 Å². The summed E-state index contributed by atoms with van der Waals surface area (Å²) in [7, 11) is 0. The monoisotopic (exact) mass is 415 g/mol. The number of rotatable bonds is 1. The lowest BCUT2D eigenvalue weighted by atomic mass is 9.95. The van der Waals surface area contributed by atoms with Gasteiger partial charge in [-0.2, -0.15) is 13.2 Å². The lowest BCUT2D eigenvalue weighted by molar-refractivity contribution is -0.137. The number of nitrogens with one attached hydrogen (secondary N) is 2. The van der Waals surface area contributed by atoms with Crippen LogP contribution in [0.1, 0.15) is 35.6 Å². The third kappa shape index (κ3) is 3.13. The summed E-state index contributed by atoms with van der Waals surface area (Å²) in [5.41, 5.74) is -0.420. The molecule has 1 aromatic carbocycles. The molecule has 2 atom stereocenters. The van der Waals surface area contributed by atoms with E-state index in [1.807, 2.05) is 0 Å². The molecule has 0 radical (unpaired) electrons. The van der Waals surface area contributed by atoms with Gasteiger partial charge in [0.1, 0.15) is 5.82 Å². The van der Waals surface area contributed by atoms with Crippen LogP contribution in [-0.2, 0) is 12.6 Å². The fraction of sp³-hybridized carbons (Fsp3) is 0.333. The summed E-state index contributed by atoms with van der Waals surface area (Å²) in [5, 5.41) is 1.47. The molecule has 10 heteroatoms. The fourth-order valence-electron chi connectivity index (χ4n) is 4.00. The van der Waals surface area contributed by atoms with Crippen LogP contribution in [0.5, 0.6) is 0 Å². The van der Waals surface area contributed by atoms with Gasteiger partial charge in [-0.05, 0) is 42.5 Å². The highest BCUT2D eigenvalue weighted by Crippen LogP contribution is 2.43. The Morgan fingerprint density at radius 3 is 2.71 bits per heavy atom. The summed E-state index contributed by atoms with van der Waals surface area (Å²) in [4.78, 5) is 28.4. The van der Waals surface area contributed by atoms with Gasteiger partial charge in [-0.3, -0.25) is 4.79 Å². The highest BCUT2D eigenvalue weighted by molar-refractivity contribution is 6.31. The summed E-state index contributed by atoms with van der Waals surface area (Å²) in [6.07, 6.45) is -1.44. The first-order valence-electron chi connectivity index (χ1n) is 8.52. The molecule has 28 heavy (non-hydrogen) atoms. The van der Waals surface area contributed by atoms with Gasteiger partial charge in [-0.15, -0.1) is 0 Å². The summed E-state index contributed by atoms with van der Waals surface area (Å²) in [6, 6.07) is 1.28. The second-order valence-electron chi connectivity index (χ2n) is 6.88. The Morgan fingerprint density at radius 1 is 1.25 bits per heavy atom. The molecule has 0 spiro atoms. The van der Waals surface area contributed by atoms with E-state index in [0.717, 1.165) is 11.1 Å². The first-order valence-corrected chi connectivity index (χ1v) is 8.90. The van der Waals surface area contributed by atoms with E-state index in [9.17, 15) is 27.2 Å². The van der Waals surface area contributed by atoms with Gasteiger partial charge >= 0.3 is 12.2 Å². The van der Waals surface area contributed by atoms with Crippen LogP contribution in [0.15, 0.2) is 29.2 Å². The molecular formula is C18H14ClF4N3O2. The number of aromatic nitrogens is 1. The zero-order chi connectivity index (χ0) is 20.2. The molecule has 3 heterocycles. The van der Waals surface area contributed by atoms with Crippen LogP contribution in [0.3, 0.4) is 0 Å². The first kappa shape index (κ1) is 18.8. The quantitative estimate of drug-likeness (QED) is 0.674. The first-order chi connectivity index (χ1) is 13.1. The number of aromatic amines is 1. The molecule has 1 saturated heterocycles. The smallest absolute Gasteiger partial charge is 0.329 e. The van der Waals surface area contributed by atoms with Gasteiger partial charge in [-0.1, -0.05) is 11.6 Å². The number of pyridine rings is 1. The molecule has 0 saturated carbocycles. The average molecular weight is 416 g/mol. The van der Waals surface area contributed by atoms with Crippen molar-refractivity contribution in [2.45, 2.75) is 37.5 Å². The Labute approximate surface area is 161 Å². The molecule has 148 valence electrons.